The fraction of sp³-hybridized carbons (Fsp3) is 0.750. The Morgan fingerprint density at radius 3 is 2.08 bits per heavy atom. The van der Waals surface area contributed by atoms with Gasteiger partial charge in [0.15, 0.2) is 0 Å². The molecule has 4 heteroatoms. The monoisotopic (exact) mass is 175 g/mol. The Morgan fingerprint density at radius 2 is 1.83 bits per heavy atom. The molecule has 0 saturated carbocycles. The Balaban J connectivity index is 0. The third kappa shape index (κ3) is 7.05. The van der Waals surface area contributed by atoms with Crippen LogP contribution >= 0.6 is 0 Å². The van der Waals surface area contributed by atoms with Crippen molar-refractivity contribution in [1.29, 1.82) is 0 Å². The van der Waals surface area contributed by atoms with Gasteiger partial charge >= 0.3 is 5.97 Å². The predicted octanol–water partition coefficient (Wildman–Crippen LogP) is 0.869. The van der Waals surface area contributed by atoms with Gasteiger partial charge in [0.1, 0.15) is 0 Å². The topological polar surface area (TPSA) is 66.4 Å². The average Bonchev–Trinajstić information content (AvgIpc) is 2.07. The highest BCUT2D eigenvalue weighted by molar-refractivity contribution is 5.81. The van der Waals surface area contributed by atoms with Crippen LogP contribution < -0.4 is 5.32 Å². The van der Waals surface area contributed by atoms with E-state index in [1.54, 1.807) is 0 Å². The summed E-state index contributed by atoms with van der Waals surface area (Å²) in [5, 5.41) is 10.7. The second kappa shape index (κ2) is 8.04. The van der Waals surface area contributed by atoms with Crippen LogP contribution in [0.3, 0.4) is 0 Å². The van der Waals surface area contributed by atoms with Crippen LogP contribution in [0.1, 0.15) is 27.2 Å². The number of hydrogen-bond acceptors (Lipinski definition) is 2. The second-order valence-electron chi connectivity index (χ2n) is 2.12. The highest BCUT2D eigenvalue weighted by Crippen LogP contribution is 1.99. The van der Waals surface area contributed by atoms with Gasteiger partial charge in [0, 0.05) is 13.5 Å². The molecular weight excluding hydrogens is 158 g/mol. The van der Waals surface area contributed by atoms with Gasteiger partial charge in [-0.05, 0) is 0 Å². The number of hydrogen-bond donors (Lipinski definition) is 2. The number of carboxylic acids is 1. The molecule has 12 heavy (non-hydrogen) atoms. The van der Waals surface area contributed by atoms with E-state index in [0.717, 1.165) is 0 Å². The molecule has 0 aliphatic rings. The minimum absolute atomic E-state index is 0.0475. The molecule has 0 spiro atoms. The lowest BCUT2D eigenvalue weighted by Gasteiger charge is -2.02. The fourth-order valence-electron chi connectivity index (χ4n) is 0.467. The average molecular weight is 175 g/mol. The number of carbonyl (C=O) groups excluding carboxylic acids is 1. The van der Waals surface area contributed by atoms with Crippen LogP contribution in [0.2, 0.25) is 0 Å². The summed E-state index contributed by atoms with van der Waals surface area (Å²) in [6, 6.07) is 0. The molecule has 0 aliphatic carbocycles. The summed E-state index contributed by atoms with van der Waals surface area (Å²) in [4.78, 5) is 20.7. The van der Waals surface area contributed by atoms with Gasteiger partial charge in [-0.1, -0.05) is 20.8 Å². The first-order valence-electron chi connectivity index (χ1n) is 4.01. The van der Waals surface area contributed by atoms with E-state index in [1.807, 2.05) is 13.8 Å². The highest BCUT2D eigenvalue weighted by Gasteiger charge is 2.13. The third-order valence-electron chi connectivity index (χ3n) is 1.19. The number of rotatable bonds is 3. The molecule has 0 radical (unpaired) electrons. The number of amides is 1. The lowest BCUT2D eigenvalue weighted by Crippen LogP contribution is -2.23. The Bertz CT molecular complexity index is 145. The van der Waals surface area contributed by atoms with Gasteiger partial charge < -0.3 is 10.4 Å². The smallest absolute Gasteiger partial charge is 0.306 e. The molecular formula is C8H17NO3. The largest absolute Gasteiger partial charge is 0.481 e. The Kier molecular flexibility index (Phi) is 9.06. The molecule has 0 fully saturated rings. The number of carboxylic acid groups (broad SMARTS) is 1. The van der Waals surface area contributed by atoms with Crippen molar-refractivity contribution in [3.8, 4) is 0 Å². The van der Waals surface area contributed by atoms with E-state index in [2.05, 4.69) is 5.32 Å². The summed E-state index contributed by atoms with van der Waals surface area (Å²) >= 11 is 0. The first-order chi connectivity index (χ1) is 5.57. The molecule has 0 aromatic carbocycles. The zero-order chi connectivity index (χ0) is 10.1. The Morgan fingerprint density at radius 1 is 1.42 bits per heavy atom. The summed E-state index contributed by atoms with van der Waals surface area (Å²) in [5.74, 6) is -1.78. The number of carbonyl (C=O) groups is 2. The first-order valence-corrected chi connectivity index (χ1v) is 4.01. The summed E-state index contributed by atoms with van der Waals surface area (Å²) in [6.45, 7) is 5.50. The molecule has 72 valence electrons. The second-order valence-corrected chi connectivity index (χ2v) is 2.12. The van der Waals surface area contributed by atoms with E-state index in [4.69, 9.17) is 5.11 Å². The van der Waals surface area contributed by atoms with Crippen molar-refractivity contribution in [3.05, 3.63) is 0 Å². The number of nitrogens with one attached hydrogen (secondary N) is 1. The summed E-state index contributed by atoms with van der Waals surface area (Å²) < 4.78 is 0. The van der Waals surface area contributed by atoms with Crippen LogP contribution in [0.4, 0.5) is 0 Å². The van der Waals surface area contributed by atoms with Crippen LogP contribution in [-0.2, 0) is 9.59 Å². The standard InChI is InChI=1S/C6H11NO3.C2H6/c1-4(6(9)10)3-5(8)7-2;1-2/h4H,3H2,1-2H3,(H,7,8)(H,9,10);1-2H3. The van der Waals surface area contributed by atoms with Crippen LogP contribution in [0, 0.1) is 5.92 Å². The zero-order valence-corrected chi connectivity index (χ0v) is 8.05. The van der Waals surface area contributed by atoms with Crippen molar-refractivity contribution in [1.82, 2.24) is 5.32 Å². The third-order valence-corrected chi connectivity index (χ3v) is 1.19. The normalized spacial score (nSPS) is 10.7. The zero-order valence-electron chi connectivity index (χ0n) is 8.05. The van der Waals surface area contributed by atoms with Gasteiger partial charge in [-0.25, -0.2) is 0 Å². The van der Waals surface area contributed by atoms with Gasteiger partial charge in [0.05, 0.1) is 5.92 Å². The van der Waals surface area contributed by atoms with Gasteiger partial charge in [0.25, 0.3) is 0 Å². The molecule has 1 amide bonds. The molecule has 0 heterocycles. The van der Waals surface area contributed by atoms with Gasteiger partial charge in [-0.3, -0.25) is 9.59 Å². The highest BCUT2D eigenvalue weighted by atomic mass is 16.4. The molecule has 0 aromatic heterocycles. The molecule has 0 rings (SSSR count). The quantitative estimate of drug-likeness (QED) is 0.668. The van der Waals surface area contributed by atoms with Crippen LogP contribution in [0.5, 0.6) is 0 Å². The van der Waals surface area contributed by atoms with E-state index in [9.17, 15) is 9.59 Å². The van der Waals surface area contributed by atoms with E-state index in [0.29, 0.717) is 0 Å². The SMILES string of the molecule is CC.CNC(=O)CC(C)C(=O)O. The molecule has 0 aromatic rings. The van der Waals surface area contributed by atoms with E-state index in [-0.39, 0.29) is 12.3 Å². The van der Waals surface area contributed by atoms with Crippen LogP contribution in [0.15, 0.2) is 0 Å². The maximum absolute atomic E-state index is 10.6. The van der Waals surface area contributed by atoms with Gasteiger partial charge in [-0.2, -0.15) is 0 Å². The minimum Gasteiger partial charge on any atom is -0.481 e. The Labute approximate surface area is 73.0 Å². The van der Waals surface area contributed by atoms with E-state index in [1.165, 1.54) is 14.0 Å². The van der Waals surface area contributed by atoms with E-state index >= 15 is 0 Å². The maximum atomic E-state index is 10.6. The van der Waals surface area contributed by atoms with Crippen molar-refractivity contribution in [2.45, 2.75) is 27.2 Å². The van der Waals surface area contributed by atoms with Crippen molar-refractivity contribution < 1.29 is 14.7 Å². The van der Waals surface area contributed by atoms with Crippen LogP contribution in [0.25, 0.3) is 0 Å². The minimum atomic E-state index is -0.941. The summed E-state index contributed by atoms with van der Waals surface area (Å²) in [5.41, 5.74) is 0. The lowest BCUT2D eigenvalue weighted by molar-refractivity contribution is -0.143. The Hall–Kier alpha value is -1.06. The predicted molar refractivity (Wildman–Crippen MR) is 46.8 cm³/mol. The summed E-state index contributed by atoms with van der Waals surface area (Å²) in [7, 11) is 1.48. The fourth-order valence-corrected chi connectivity index (χ4v) is 0.467. The lowest BCUT2D eigenvalue weighted by atomic mass is 10.1. The first kappa shape index (κ1) is 13.5. The number of aliphatic carboxylic acids is 1. The molecule has 0 aliphatic heterocycles. The van der Waals surface area contributed by atoms with Crippen LogP contribution in [-0.4, -0.2) is 24.0 Å². The van der Waals surface area contributed by atoms with Crippen molar-refractivity contribution >= 4 is 11.9 Å². The van der Waals surface area contributed by atoms with Crippen molar-refractivity contribution in [2.24, 2.45) is 5.92 Å². The molecule has 2 N–H and O–H groups in total. The molecule has 0 saturated heterocycles. The van der Waals surface area contributed by atoms with Crippen molar-refractivity contribution in [2.75, 3.05) is 7.05 Å². The maximum Gasteiger partial charge on any atom is 0.306 e. The molecule has 4 nitrogen and oxygen atoms in total. The van der Waals surface area contributed by atoms with Gasteiger partial charge in [-0.15, -0.1) is 0 Å². The van der Waals surface area contributed by atoms with Crippen molar-refractivity contribution in [3.63, 3.8) is 0 Å². The van der Waals surface area contributed by atoms with E-state index < -0.39 is 11.9 Å². The summed E-state index contributed by atoms with van der Waals surface area (Å²) in [6.07, 6.45) is 0.0475. The molecule has 1 unspecified atom stereocenters. The molecule has 1 atom stereocenters. The van der Waals surface area contributed by atoms with Gasteiger partial charge in [0.2, 0.25) is 5.91 Å². The molecule has 0 bridgehead atoms.